The normalized spacial score (nSPS) is 15.8. The molecule has 1 atom stereocenters. The number of carbonyl (C=O) groups excluding carboxylic acids is 2. The van der Waals surface area contributed by atoms with Gasteiger partial charge in [0.25, 0.3) is 5.91 Å². The number of carbonyl (C=O) groups is 2. The molecule has 2 aromatic carbocycles. The molecule has 1 aromatic heterocycles. The van der Waals surface area contributed by atoms with Crippen molar-refractivity contribution in [1.29, 1.82) is 0 Å². The zero-order valence-electron chi connectivity index (χ0n) is 16.2. The summed E-state index contributed by atoms with van der Waals surface area (Å²) in [6, 6.07) is 16.3. The summed E-state index contributed by atoms with van der Waals surface area (Å²) in [4.78, 5) is 27.6. The average Bonchev–Trinajstić information content (AvgIpc) is 3.46. The van der Waals surface area contributed by atoms with Crippen LogP contribution in [0.2, 0.25) is 0 Å². The molecule has 30 heavy (non-hydrogen) atoms. The number of hydrogen-bond donors (Lipinski definition) is 1. The van der Waals surface area contributed by atoms with Gasteiger partial charge in [0.2, 0.25) is 5.91 Å². The van der Waals surface area contributed by atoms with E-state index >= 15 is 0 Å². The fourth-order valence-electron chi connectivity index (χ4n) is 3.45. The zero-order valence-corrected chi connectivity index (χ0v) is 17.0. The van der Waals surface area contributed by atoms with Gasteiger partial charge in [-0.25, -0.2) is 4.39 Å². The van der Waals surface area contributed by atoms with Crippen LogP contribution in [0.4, 0.5) is 4.39 Å². The monoisotopic (exact) mass is 424 g/mol. The summed E-state index contributed by atoms with van der Waals surface area (Å²) in [5, 5.41) is 4.80. The van der Waals surface area contributed by atoms with Crippen molar-refractivity contribution in [2.24, 2.45) is 0 Å². The highest BCUT2D eigenvalue weighted by molar-refractivity contribution is 7.12. The van der Waals surface area contributed by atoms with Gasteiger partial charge in [-0.05, 0) is 66.2 Å². The van der Waals surface area contributed by atoms with E-state index in [-0.39, 0.29) is 17.6 Å². The zero-order chi connectivity index (χ0) is 20.9. The van der Waals surface area contributed by atoms with Crippen molar-refractivity contribution in [3.05, 3.63) is 82.3 Å². The van der Waals surface area contributed by atoms with Crippen LogP contribution in [0.15, 0.2) is 66.0 Å². The van der Waals surface area contributed by atoms with E-state index in [2.05, 4.69) is 5.32 Å². The maximum absolute atomic E-state index is 13.0. The van der Waals surface area contributed by atoms with E-state index in [0.29, 0.717) is 35.9 Å². The van der Waals surface area contributed by atoms with Crippen LogP contribution in [-0.2, 0) is 11.3 Å². The van der Waals surface area contributed by atoms with Crippen molar-refractivity contribution in [3.8, 4) is 11.5 Å². The van der Waals surface area contributed by atoms with E-state index in [0.717, 1.165) is 12.0 Å². The Bertz CT molecular complexity index is 1000. The van der Waals surface area contributed by atoms with Crippen LogP contribution >= 0.6 is 11.3 Å². The predicted octanol–water partition coefficient (Wildman–Crippen LogP) is 4.60. The Morgan fingerprint density at radius 2 is 1.77 bits per heavy atom. The Balaban J connectivity index is 1.32. The molecule has 0 spiro atoms. The van der Waals surface area contributed by atoms with Crippen LogP contribution in [0.3, 0.4) is 0 Å². The van der Waals surface area contributed by atoms with Gasteiger partial charge in [0, 0.05) is 13.1 Å². The van der Waals surface area contributed by atoms with Crippen molar-refractivity contribution in [3.63, 3.8) is 0 Å². The van der Waals surface area contributed by atoms with Gasteiger partial charge < -0.3 is 15.0 Å². The topological polar surface area (TPSA) is 58.6 Å². The van der Waals surface area contributed by atoms with E-state index in [9.17, 15) is 14.0 Å². The minimum atomic E-state index is -0.430. The number of thiophene rings is 1. The van der Waals surface area contributed by atoms with Crippen molar-refractivity contribution in [1.82, 2.24) is 10.2 Å². The lowest BCUT2D eigenvalue weighted by molar-refractivity contribution is -0.125. The van der Waals surface area contributed by atoms with E-state index in [1.165, 1.54) is 23.5 Å². The van der Waals surface area contributed by atoms with Gasteiger partial charge in [-0.1, -0.05) is 18.2 Å². The summed E-state index contributed by atoms with van der Waals surface area (Å²) in [5.74, 6) is 0.648. The molecule has 1 aliphatic rings. The van der Waals surface area contributed by atoms with Gasteiger partial charge in [-0.3, -0.25) is 9.59 Å². The molecule has 4 rings (SSSR count). The molecular formula is C23H21FN2O3S. The standard InChI is InChI=1S/C23H21FN2O3S/c24-17-7-11-19(12-8-17)29-18-9-5-16(6-10-18)15-25-22(27)20-3-1-13-26(20)23(28)21-4-2-14-30-21/h2,4-12,14,20H,1,3,13,15H2,(H,25,27)/t20-/m0/s1. The third-order valence-electron chi connectivity index (χ3n) is 4.99. The number of nitrogens with one attached hydrogen (secondary N) is 1. The van der Waals surface area contributed by atoms with Gasteiger partial charge in [-0.2, -0.15) is 0 Å². The van der Waals surface area contributed by atoms with Gasteiger partial charge in [-0.15, -0.1) is 11.3 Å². The predicted molar refractivity (Wildman–Crippen MR) is 113 cm³/mol. The second-order valence-electron chi connectivity index (χ2n) is 7.05. The van der Waals surface area contributed by atoms with E-state index in [1.807, 2.05) is 23.6 Å². The lowest BCUT2D eigenvalue weighted by Crippen LogP contribution is -2.45. The second kappa shape index (κ2) is 9.09. The Labute approximate surface area is 178 Å². The smallest absolute Gasteiger partial charge is 0.264 e. The lowest BCUT2D eigenvalue weighted by atomic mass is 10.1. The molecule has 1 N–H and O–H groups in total. The maximum Gasteiger partial charge on any atom is 0.264 e. The number of halogens is 1. The van der Waals surface area contributed by atoms with Crippen LogP contribution < -0.4 is 10.1 Å². The molecule has 2 heterocycles. The first-order chi connectivity index (χ1) is 14.6. The highest BCUT2D eigenvalue weighted by Gasteiger charge is 2.34. The molecule has 0 radical (unpaired) electrons. The van der Waals surface area contributed by atoms with Crippen LogP contribution in [0.25, 0.3) is 0 Å². The Hall–Kier alpha value is -3.19. The van der Waals surface area contributed by atoms with Crippen LogP contribution in [0, 0.1) is 5.82 Å². The molecule has 0 saturated carbocycles. The number of hydrogen-bond acceptors (Lipinski definition) is 4. The molecule has 1 aliphatic heterocycles. The SMILES string of the molecule is O=C(NCc1ccc(Oc2ccc(F)cc2)cc1)[C@@H]1CCCN1C(=O)c1cccs1. The molecule has 5 nitrogen and oxygen atoms in total. The summed E-state index contributed by atoms with van der Waals surface area (Å²) < 4.78 is 18.6. The first kappa shape index (κ1) is 20.1. The molecular weight excluding hydrogens is 403 g/mol. The summed E-state index contributed by atoms with van der Waals surface area (Å²) >= 11 is 1.39. The molecule has 2 amide bonds. The van der Waals surface area contributed by atoms with Gasteiger partial charge >= 0.3 is 0 Å². The molecule has 1 fully saturated rings. The van der Waals surface area contributed by atoms with Crippen molar-refractivity contribution >= 4 is 23.2 Å². The van der Waals surface area contributed by atoms with Crippen LogP contribution in [-0.4, -0.2) is 29.3 Å². The molecule has 0 unspecified atom stereocenters. The summed E-state index contributed by atoms with van der Waals surface area (Å²) in [7, 11) is 0. The summed E-state index contributed by atoms with van der Waals surface area (Å²) in [6.07, 6.45) is 1.50. The van der Waals surface area contributed by atoms with Gasteiger partial charge in [0.1, 0.15) is 23.4 Å². The first-order valence-electron chi connectivity index (χ1n) is 9.75. The number of amides is 2. The fraction of sp³-hybridized carbons (Fsp3) is 0.217. The third-order valence-corrected chi connectivity index (χ3v) is 5.85. The second-order valence-corrected chi connectivity index (χ2v) is 8.00. The lowest BCUT2D eigenvalue weighted by Gasteiger charge is -2.23. The molecule has 154 valence electrons. The highest BCUT2D eigenvalue weighted by atomic mass is 32.1. The molecule has 1 saturated heterocycles. The van der Waals surface area contributed by atoms with Crippen molar-refractivity contribution in [2.75, 3.05) is 6.54 Å². The first-order valence-corrected chi connectivity index (χ1v) is 10.6. The number of ether oxygens (including phenoxy) is 1. The molecule has 0 aliphatic carbocycles. The summed E-state index contributed by atoms with van der Waals surface area (Å²) in [5.41, 5.74) is 0.920. The fourth-order valence-corrected chi connectivity index (χ4v) is 4.12. The molecule has 0 bridgehead atoms. The van der Waals surface area contributed by atoms with E-state index in [1.54, 1.807) is 35.2 Å². The Morgan fingerprint density at radius 1 is 1.07 bits per heavy atom. The number of benzene rings is 2. The highest BCUT2D eigenvalue weighted by Crippen LogP contribution is 2.23. The number of likely N-dealkylation sites (tertiary alicyclic amines) is 1. The average molecular weight is 424 g/mol. The quantitative estimate of drug-likeness (QED) is 0.629. The maximum atomic E-state index is 13.0. The Morgan fingerprint density at radius 3 is 2.43 bits per heavy atom. The van der Waals surface area contributed by atoms with E-state index in [4.69, 9.17) is 4.74 Å². The number of nitrogens with zero attached hydrogens (tertiary/aromatic N) is 1. The van der Waals surface area contributed by atoms with Crippen molar-refractivity contribution in [2.45, 2.75) is 25.4 Å². The Kier molecular flexibility index (Phi) is 6.09. The van der Waals surface area contributed by atoms with Gasteiger partial charge in [0.05, 0.1) is 4.88 Å². The van der Waals surface area contributed by atoms with E-state index < -0.39 is 6.04 Å². The largest absolute Gasteiger partial charge is 0.457 e. The number of rotatable bonds is 6. The van der Waals surface area contributed by atoms with Crippen LogP contribution in [0.1, 0.15) is 28.1 Å². The third kappa shape index (κ3) is 4.68. The minimum absolute atomic E-state index is 0.0788. The molecule has 3 aromatic rings. The van der Waals surface area contributed by atoms with Crippen molar-refractivity contribution < 1.29 is 18.7 Å². The molecule has 7 heteroatoms. The van der Waals surface area contributed by atoms with Gasteiger partial charge in [0.15, 0.2) is 0 Å². The minimum Gasteiger partial charge on any atom is -0.457 e. The van der Waals surface area contributed by atoms with Crippen LogP contribution in [0.5, 0.6) is 11.5 Å². The summed E-state index contributed by atoms with van der Waals surface area (Å²) in [6.45, 7) is 0.970.